The minimum Gasteiger partial charge on any atom is -0.549 e. The van der Waals surface area contributed by atoms with Crippen molar-refractivity contribution in [1.29, 1.82) is 0 Å². The average Bonchev–Trinajstić information content (AvgIpc) is 2.96. The van der Waals surface area contributed by atoms with Crippen LogP contribution in [0.4, 0.5) is 0 Å². The molecule has 0 aromatic heterocycles. The van der Waals surface area contributed by atoms with E-state index < -0.39 is 37.6 Å². The molecule has 6 nitrogen and oxygen atoms in total. The third-order valence-corrected chi connectivity index (χ3v) is 10.9. The molecule has 2 saturated carbocycles. The van der Waals surface area contributed by atoms with Gasteiger partial charge in [-0.3, -0.25) is 9.59 Å². The molecule has 0 aromatic carbocycles. The lowest BCUT2D eigenvalue weighted by atomic mass is 9.92. The van der Waals surface area contributed by atoms with Gasteiger partial charge in [-0.25, -0.2) is 0 Å². The van der Waals surface area contributed by atoms with Crippen molar-refractivity contribution < 1.29 is 28.2 Å². The summed E-state index contributed by atoms with van der Waals surface area (Å²) in [5.41, 5.74) is -1.000. The minimum atomic E-state index is -2.01. The van der Waals surface area contributed by atoms with Crippen LogP contribution in [-0.2, 0) is 28.2 Å². The van der Waals surface area contributed by atoms with Crippen molar-refractivity contribution in [1.82, 2.24) is 0 Å². The Kier molecular flexibility index (Phi) is 4.69. The quantitative estimate of drug-likeness (QED) is 0.403. The first-order valence-electron chi connectivity index (χ1n) is 9.70. The van der Waals surface area contributed by atoms with Crippen LogP contribution < -0.4 is 0 Å². The van der Waals surface area contributed by atoms with Gasteiger partial charge in [-0.05, 0) is 45.0 Å². The summed E-state index contributed by atoms with van der Waals surface area (Å²) in [5.74, 6) is -1.98. The normalized spacial score (nSPS) is 37.3. The molecule has 5 atom stereocenters. The van der Waals surface area contributed by atoms with Gasteiger partial charge in [0.2, 0.25) is 8.32 Å². The fourth-order valence-corrected chi connectivity index (χ4v) is 4.81. The molecular formula is C20H32O6Si. The van der Waals surface area contributed by atoms with Crippen LogP contribution in [0.1, 0.15) is 41.5 Å². The number of hydrogen-bond acceptors (Lipinski definition) is 6. The Balaban J connectivity index is 1.86. The van der Waals surface area contributed by atoms with Crippen molar-refractivity contribution >= 4 is 20.1 Å². The van der Waals surface area contributed by atoms with Crippen LogP contribution in [0.15, 0.2) is 12.3 Å². The third-order valence-electron chi connectivity index (χ3n) is 6.53. The van der Waals surface area contributed by atoms with Gasteiger partial charge < -0.3 is 18.6 Å². The van der Waals surface area contributed by atoms with Crippen molar-refractivity contribution in [3.63, 3.8) is 0 Å². The molecule has 152 valence electrons. The van der Waals surface area contributed by atoms with Gasteiger partial charge in [0.15, 0.2) is 11.6 Å². The fraction of sp³-hybridized carbons (Fsp3) is 0.800. The highest BCUT2D eigenvalue weighted by atomic mass is 28.4. The lowest BCUT2D eigenvalue weighted by molar-refractivity contribution is -0.160. The highest BCUT2D eigenvalue weighted by Gasteiger charge is 2.82. The summed E-state index contributed by atoms with van der Waals surface area (Å²) in [6.45, 7) is 16.3. The Morgan fingerprint density at radius 1 is 1.26 bits per heavy atom. The Morgan fingerprint density at radius 3 is 2.44 bits per heavy atom. The highest BCUT2D eigenvalue weighted by molar-refractivity contribution is 6.74. The first-order valence-corrected chi connectivity index (χ1v) is 12.6. The number of rotatable bonds is 5. The second-order valence-electron chi connectivity index (χ2n) is 9.76. The predicted molar refractivity (Wildman–Crippen MR) is 102 cm³/mol. The lowest BCUT2D eigenvalue weighted by Gasteiger charge is -2.35. The minimum absolute atomic E-state index is 0.0429. The van der Waals surface area contributed by atoms with Gasteiger partial charge in [0.05, 0.1) is 19.0 Å². The Morgan fingerprint density at radius 2 is 1.89 bits per heavy atom. The van der Waals surface area contributed by atoms with Crippen LogP contribution in [0.5, 0.6) is 0 Å². The van der Waals surface area contributed by atoms with Crippen LogP contribution in [0, 0.1) is 17.3 Å². The number of ketones is 1. The zero-order valence-electron chi connectivity index (χ0n) is 17.6. The molecule has 1 aliphatic heterocycles. The van der Waals surface area contributed by atoms with Crippen molar-refractivity contribution in [3.8, 4) is 0 Å². The van der Waals surface area contributed by atoms with E-state index in [-0.39, 0.29) is 29.3 Å². The number of fused-ring (bicyclic) bond motifs is 3. The maximum atomic E-state index is 12.9. The van der Waals surface area contributed by atoms with E-state index in [2.05, 4.69) is 33.9 Å². The van der Waals surface area contributed by atoms with Crippen LogP contribution in [0.3, 0.4) is 0 Å². The molecule has 27 heavy (non-hydrogen) atoms. The van der Waals surface area contributed by atoms with E-state index in [9.17, 15) is 9.59 Å². The van der Waals surface area contributed by atoms with Gasteiger partial charge in [-0.15, -0.1) is 0 Å². The molecule has 3 unspecified atom stereocenters. The molecule has 1 saturated heterocycles. The summed E-state index contributed by atoms with van der Waals surface area (Å²) in [6.07, 6.45) is 2.35. The topological polar surface area (TPSA) is 71.1 Å². The largest absolute Gasteiger partial charge is 0.549 e. The molecule has 2 aliphatic carbocycles. The molecule has 3 aliphatic rings. The van der Waals surface area contributed by atoms with Crippen LogP contribution in [-0.4, -0.2) is 44.7 Å². The number of hydrogen-bond donors (Lipinski definition) is 0. The summed E-state index contributed by atoms with van der Waals surface area (Å²) in [6, 6.07) is 0. The van der Waals surface area contributed by atoms with Crippen molar-refractivity contribution in [2.24, 2.45) is 17.3 Å². The van der Waals surface area contributed by atoms with Crippen molar-refractivity contribution in [3.05, 3.63) is 12.3 Å². The molecule has 0 bridgehead atoms. The second-order valence-corrected chi connectivity index (χ2v) is 14.5. The number of carbonyl (C=O) groups is 2. The average molecular weight is 397 g/mol. The summed E-state index contributed by atoms with van der Waals surface area (Å²) >= 11 is 0. The van der Waals surface area contributed by atoms with E-state index in [0.717, 1.165) is 0 Å². The first-order chi connectivity index (χ1) is 12.3. The maximum Gasteiger partial charge on any atom is 0.317 e. The predicted octanol–water partition coefficient (Wildman–Crippen LogP) is 3.42. The summed E-state index contributed by atoms with van der Waals surface area (Å²) < 4.78 is 23.2. The fourth-order valence-electron chi connectivity index (χ4n) is 4.05. The SMILES string of the molecule is CCOC(=O)C1(/C=C/O[Si](C)(C)C(C)(C)C)C2C(=O)[C@H]3OC(C)(C)O[C@H]3C21. The Bertz CT molecular complexity index is 676. The number of carbonyl (C=O) groups excluding carboxylic acids is 2. The molecule has 0 amide bonds. The number of ether oxygens (including phenoxy) is 3. The van der Waals surface area contributed by atoms with Gasteiger partial charge in [0.1, 0.15) is 11.5 Å². The lowest BCUT2D eigenvalue weighted by Crippen LogP contribution is -2.39. The molecule has 3 fully saturated rings. The number of esters is 1. The van der Waals surface area contributed by atoms with E-state index in [1.165, 1.54) is 0 Å². The number of Topliss-reactive ketones (excluding diaryl/α,β-unsaturated/α-hetero) is 1. The monoisotopic (exact) mass is 396 g/mol. The van der Waals surface area contributed by atoms with Gasteiger partial charge >= 0.3 is 5.97 Å². The van der Waals surface area contributed by atoms with Gasteiger partial charge in [-0.2, -0.15) is 0 Å². The van der Waals surface area contributed by atoms with E-state index in [1.54, 1.807) is 33.1 Å². The molecule has 0 N–H and O–H groups in total. The van der Waals surface area contributed by atoms with Crippen LogP contribution in [0.25, 0.3) is 0 Å². The highest BCUT2D eigenvalue weighted by Crippen LogP contribution is 2.70. The van der Waals surface area contributed by atoms with E-state index >= 15 is 0 Å². The van der Waals surface area contributed by atoms with Gasteiger partial charge in [0.25, 0.3) is 0 Å². The van der Waals surface area contributed by atoms with Crippen LogP contribution in [0.2, 0.25) is 18.1 Å². The summed E-state index contributed by atoms with van der Waals surface area (Å²) in [7, 11) is -2.01. The summed E-state index contributed by atoms with van der Waals surface area (Å²) in [5, 5.41) is 0.0429. The van der Waals surface area contributed by atoms with E-state index in [4.69, 9.17) is 18.6 Å². The smallest absolute Gasteiger partial charge is 0.317 e. The molecular weight excluding hydrogens is 364 g/mol. The van der Waals surface area contributed by atoms with E-state index in [0.29, 0.717) is 0 Å². The first kappa shape index (κ1) is 20.5. The Labute approximate surface area is 162 Å². The zero-order chi connectivity index (χ0) is 20.4. The molecule has 1 heterocycles. The third kappa shape index (κ3) is 3.08. The second kappa shape index (κ2) is 6.16. The zero-order valence-corrected chi connectivity index (χ0v) is 18.6. The van der Waals surface area contributed by atoms with Crippen LogP contribution >= 0.6 is 0 Å². The molecule has 3 rings (SSSR count). The molecule has 7 heteroatoms. The van der Waals surface area contributed by atoms with Crippen molar-refractivity contribution in [2.75, 3.05) is 6.61 Å². The van der Waals surface area contributed by atoms with Crippen molar-refractivity contribution in [2.45, 2.75) is 77.7 Å². The standard InChI is InChI=1S/C20H32O6Si/c1-9-23-17(22)20(10-11-24-27(7,8)18(2,3)4)12-13(20)15-16(14(12)21)26-19(5,6)25-15/h10-13,15-16H,9H2,1-8H3/b11-10+/t12?,13?,15-,16+,20?/m0/s1. The summed E-state index contributed by atoms with van der Waals surface area (Å²) in [4.78, 5) is 25.7. The maximum absolute atomic E-state index is 12.9. The van der Waals surface area contributed by atoms with Gasteiger partial charge in [0, 0.05) is 11.8 Å². The Hall–Kier alpha value is -1.18. The van der Waals surface area contributed by atoms with E-state index in [1.807, 2.05) is 0 Å². The molecule has 0 aromatic rings. The molecule has 0 radical (unpaired) electrons. The molecule has 0 spiro atoms. The van der Waals surface area contributed by atoms with Gasteiger partial charge in [-0.1, -0.05) is 20.8 Å².